The molecule has 0 bridgehead atoms. The van der Waals surface area contributed by atoms with Crippen molar-refractivity contribution in [2.75, 3.05) is 6.54 Å². The average Bonchev–Trinajstić information content (AvgIpc) is 3.11. The van der Waals surface area contributed by atoms with E-state index in [1.165, 1.54) is 20.5 Å². The van der Waals surface area contributed by atoms with E-state index in [1.54, 1.807) is 35.6 Å². The first-order chi connectivity index (χ1) is 11.6. The molecule has 2 N–H and O–H groups in total. The standard InChI is InChI=1S/C19H16N2O2S.ClH/c20-13(9-12-11-24-17-8-4-3-5-14(12)17)10-21-18(22)15-6-1-2-7-16(15)19(21)23;/h1-8,11,13H,9-10,20H2;1H/t13-;/m1./s1. The van der Waals surface area contributed by atoms with Crippen molar-refractivity contribution in [2.45, 2.75) is 12.5 Å². The second-order valence-electron chi connectivity index (χ2n) is 5.99. The lowest BCUT2D eigenvalue weighted by Gasteiger charge is -2.19. The number of benzene rings is 2. The molecule has 1 aliphatic rings. The number of nitrogens with zero attached hydrogens (tertiary/aromatic N) is 1. The number of imide groups is 1. The van der Waals surface area contributed by atoms with E-state index < -0.39 is 0 Å². The maximum absolute atomic E-state index is 12.4. The summed E-state index contributed by atoms with van der Waals surface area (Å²) in [6, 6.07) is 14.8. The zero-order valence-electron chi connectivity index (χ0n) is 13.3. The molecule has 25 heavy (non-hydrogen) atoms. The summed E-state index contributed by atoms with van der Waals surface area (Å²) in [5.74, 6) is -0.498. The Morgan fingerprint density at radius 1 is 0.960 bits per heavy atom. The Balaban J connectivity index is 0.00000182. The predicted octanol–water partition coefficient (Wildman–Crippen LogP) is 3.49. The average molecular weight is 373 g/mol. The van der Waals surface area contributed by atoms with E-state index in [-0.39, 0.29) is 36.8 Å². The molecule has 0 unspecified atom stereocenters. The molecule has 0 aliphatic carbocycles. The summed E-state index contributed by atoms with van der Waals surface area (Å²) in [5, 5.41) is 3.30. The fourth-order valence-corrected chi connectivity index (χ4v) is 4.15. The number of rotatable bonds is 4. The number of halogens is 1. The highest BCUT2D eigenvalue weighted by Gasteiger charge is 2.35. The summed E-state index contributed by atoms with van der Waals surface area (Å²) in [6.45, 7) is 0.233. The molecule has 0 saturated carbocycles. The number of carbonyl (C=O) groups excluding carboxylic acids is 2. The number of carbonyl (C=O) groups is 2. The van der Waals surface area contributed by atoms with Crippen LogP contribution in [0.2, 0.25) is 0 Å². The molecular weight excluding hydrogens is 356 g/mol. The van der Waals surface area contributed by atoms with Crippen molar-refractivity contribution in [1.29, 1.82) is 0 Å². The SMILES string of the molecule is Cl.N[C@H](Cc1csc2ccccc12)CN1C(=O)c2ccccc2C1=O. The minimum absolute atomic E-state index is 0. The maximum atomic E-state index is 12.4. The smallest absolute Gasteiger partial charge is 0.261 e. The molecule has 1 aromatic heterocycles. The Morgan fingerprint density at radius 2 is 1.56 bits per heavy atom. The van der Waals surface area contributed by atoms with E-state index in [1.807, 2.05) is 12.1 Å². The van der Waals surface area contributed by atoms with Crippen molar-refractivity contribution >= 4 is 45.6 Å². The molecule has 4 rings (SSSR count). The normalized spacial score (nSPS) is 14.5. The molecule has 4 nitrogen and oxygen atoms in total. The molecule has 1 aliphatic heterocycles. The van der Waals surface area contributed by atoms with Crippen LogP contribution in [0, 0.1) is 0 Å². The Morgan fingerprint density at radius 3 is 2.24 bits per heavy atom. The van der Waals surface area contributed by atoms with Gasteiger partial charge < -0.3 is 5.73 Å². The van der Waals surface area contributed by atoms with Crippen LogP contribution in [-0.4, -0.2) is 29.3 Å². The molecule has 0 fully saturated rings. The maximum Gasteiger partial charge on any atom is 0.261 e. The summed E-state index contributed by atoms with van der Waals surface area (Å²) in [5.41, 5.74) is 8.36. The number of hydrogen-bond donors (Lipinski definition) is 1. The first-order valence-corrected chi connectivity index (χ1v) is 8.69. The lowest BCUT2D eigenvalue weighted by atomic mass is 10.1. The molecule has 0 spiro atoms. The highest BCUT2D eigenvalue weighted by molar-refractivity contribution is 7.17. The molecule has 128 valence electrons. The molecule has 2 amide bonds. The molecule has 3 aromatic rings. The minimum atomic E-state index is -0.287. The van der Waals surface area contributed by atoms with Crippen molar-refractivity contribution in [3.05, 3.63) is 70.6 Å². The van der Waals surface area contributed by atoms with Gasteiger partial charge >= 0.3 is 0 Å². The number of thiophene rings is 1. The summed E-state index contributed by atoms with van der Waals surface area (Å²) < 4.78 is 1.22. The van der Waals surface area contributed by atoms with Crippen LogP contribution in [-0.2, 0) is 6.42 Å². The fourth-order valence-electron chi connectivity index (χ4n) is 3.18. The van der Waals surface area contributed by atoms with Gasteiger partial charge in [-0.05, 0) is 40.9 Å². The van der Waals surface area contributed by atoms with Gasteiger partial charge in [-0.15, -0.1) is 23.7 Å². The molecule has 6 heteroatoms. The van der Waals surface area contributed by atoms with Crippen LogP contribution in [0.1, 0.15) is 26.3 Å². The zero-order chi connectivity index (χ0) is 16.7. The largest absolute Gasteiger partial charge is 0.326 e. The van der Waals surface area contributed by atoms with Crippen LogP contribution >= 0.6 is 23.7 Å². The lowest BCUT2D eigenvalue weighted by molar-refractivity contribution is 0.0644. The van der Waals surface area contributed by atoms with Crippen LogP contribution < -0.4 is 5.73 Å². The van der Waals surface area contributed by atoms with Gasteiger partial charge in [-0.2, -0.15) is 0 Å². The fraction of sp³-hybridized carbons (Fsp3) is 0.158. The molecule has 0 saturated heterocycles. The van der Waals surface area contributed by atoms with E-state index in [4.69, 9.17) is 5.73 Å². The Hall–Kier alpha value is -2.21. The van der Waals surface area contributed by atoms with Gasteiger partial charge in [0.25, 0.3) is 11.8 Å². The van der Waals surface area contributed by atoms with Crippen molar-refractivity contribution < 1.29 is 9.59 Å². The third-order valence-electron chi connectivity index (χ3n) is 4.34. The highest BCUT2D eigenvalue weighted by Crippen LogP contribution is 2.27. The summed E-state index contributed by atoms with van der Waals surface area (Å²) in [4.78, 5) is 26.1. The number of fused-ring (bicyclic) bond motifs is 2. The van der Waals surface area contributed by atoms with E-state index in [0.29, 0.717) is 17.5 Å². The minimum Gasteiger partial charge on any atom is -0.326 e. The Bertz CT molecular complexity index is 918. The van der Waals surface area contributed by atoms with Gasteiger partial charge in [0.2, 0.25) is 0 Å². The Kier molecular flexibility index (Phi) is 4.90. The number of hydrogen-bond acceptors (Lipinski definition) is 4. The van der Waals surface area contributed by atoms with Crippen LogP contribution in [0.4, 0.5) is 0 Å². The van der Waals surface area contributed by atoms with Crippen molar-refractivity contribution in [2.24, 2.45) is 5.73 Å². The van der Waals surface area contributed by atoms with Crippen LogP contribution in [0.15, 0.2) is 53.9 Å². The van der Waals surface area contributed by atoms with E-state index in [2.05, 4.69) is 17.5 Å². The number of amides is 2. The quantitative estimate of drug-likeness (QED) is 0.713. The van der Waals surface area contributed by atoms with E-state index >= 15 is 0 Å². The molecule has 2 aromatic carbocycles. The molecular formula is C19H17ClN2O2S. The lowest BCUT2D eigenvalue weighted by Crippen LogP contribution is -2.41. The van der Waals surface area contributed by atoms with Gasteiger partial charge in [0.15, 0.2) is 0 Å². The molecule has 0 radical (unpaired) electrons. The predicted molar refractivity (Wildman–Crippen MR) is 103 cm³/mol. The van der Waals surface area contributed by atoms with Crippen molar-refractivity contribution in [3.63, 3.8) is 0 Å². The topological polar surface area (TPSA) is 63.4 Å². The second-order valence-corrected chi connectivity index (χ2v) is 6.90. The van der Waals surface area contributed by atoms with E-state index in [0.717, 1.165) is 0 Å². The second kappa shape index (κ2) is 6.96. The van der Waals surface area contributed by atoms with Gasteiger partial charge in [0.1, 0.15) is 0 Å². The van der Waals surface area contributed by atoms with Gasteiger partial charge in [0.05, 0.1) is 11.1 Å². The first kappa shape index (κ1) is 17.6. The first-order valence-electron chi connectivity index (χ1n) is 7.81. The Labute approximate surface area is 155 Å². The molecule has 1 atom stereocenters. The van der Waals surface area contributed by atoms with Gasteiger partial charge in [-0.25, -0.2) is 0 Å². The molecule has 2 heterocycles. The van der Waals surface area contributed by atoms with Crippen molar-refractivity contribution in [1.82, 2.24) is 4.90 Å². The van der Waals surface area contributed by atoms with Gasteiger partial charge in [-0.1, -0.05) is 30.3 Å². The monoisotopic (exact) mass is 372 g/mol. The van der Waals surface area contributed by atoms with Crippen LogP contribution in [0.25, 0.3) is 10.1 Å². The van der Waals surface area contributed by atoms with Gasteiger partial charge in [-0.3, -0.25) is 14.5 Å². The summed E-state index contributed by atoms with van der Waals surface area (Å²) in [6.07, 6.45) is 0.636. The highest BCUT2D eigenvalue weighted by atomic mass is 35.5. The zero-order valence-corrected chi connectivity index (χ0v) is 15.0. The van der Waals surface area contributed by atoms with Crippen molar-refractivity contribution in [3.8, 4) is 0 Å². The summed E-state index contributed by atoms with van der Waals surface area (Å²) >= 11 is 1.69. The number of nitrogens with two attached hydrogens (primary N) is 1. The van der Waals surface area contributed by atoms with E-state index in [9.17, 15) is 9.59 Å². The van der Waals surface area contributed by atoms with Gasteiger partial charge in [0, 0.05) is 17.3 Å². The third-order valence-corrected chi connectivity index (χ3v) is 5.35. The third kappa shape index (κ3) is 3.06. The van der Waals surface area contributed by atoms with Crippen LogP contribution in [0.3, 0.4) is 0 Å². The summed E-state index contributed by atoms with van der Waals surface area (Å²) in [7, 11) is 0. The van der Waals surface area contributed by atoms with Crippen LogP contribution in [0.5, 0.6) is 0 Å².